The first-order chi connectivity index (χ1) is 16.3. The van der Waals surface area contributed by atoms with Crippen molar-refractivity contribution in [2.24, 2.45) is 0 Å². The Labute approximate surface area is 191 Å². The van der Waals surface area contributed by atoms with Crippen molar-refractivity contribution < 1.29 is 22.3 Å². The quantitative estimate of drug-likeness (QED) is 0.488. The number of hydrogen-bond donors (Lipinski definition) is 3. The minimum Gasteiger partial charge on any atom is -0.406 e. The highest BCUT2D eigenvalue weighted by molar-refractivity contribution is 5.78. The molecule has 34 heavy (non-hydrogen) atoms. The van der Waals surface area contributed by atoms with Crippen LogP contribution in [0, 0.1) is 12.7 Å². The number of hydrazine groups is 1. The maximum atomic E-state index is 14.7. The van der Waals surface area contributed by atoms with Crippen LogP contribution in [0.1, 0.15) is 11.4 Å². The standard InChI is InChI=1S/C22H19F4N7O/c1-13-28-12-32(31-13)19-8-4-15(10-18(19)23)30-20-9-7-17(21-27-11-29-33(20)21)14-2-5-16(6-3-14)34-22(24,25)26/h2-10,12,20,27,29-30H,11H2,1H3. The van der Waals surface area contributed by atoms with Gasteiger partial charge in [0.2, 0.25) is 0 Å². The van der Waals surface area contributed by atoms with E-state index in [2.05, 4.69) is 30.9 Å². The van der Waals surface area contributed by atoms with Crippen LogP contribution in [-0.4, -0.2) is 39.0 Å². The Morgan fingerprint density at radius 1 is 1.15 bits per heavy atom. The molecule has 1 fully saturated rings. The lowest BCUT2D eigenvalue weighted by molar-refractivity contribution is -0.274. The number of nitrogens with zero attached hydrogens (tertiary/aromatic N) is 4. The lowest BCUT2D eigenvalue weighted by Gasteiger charge is -2.32. The Kier molecular flexibility index (Phi) is 5.36. The summed E-state index contributed by atoms with van der Waals surface area (Å²) in [4.78, 5) is 4.02. The summed E-state index contributed by atoms with van der Waals surface area (Å²) in [5.74, 6) is 0.528. The van der Waals surface area contributed by atoms with E-state index >= 15 is 0 Å². The van der Waals surface area contributed by atoms with Crippen LogP contribution in [0.3, 0.4) is 0 Å². The summed E-state index contributed by atoms with van der Waals surface area (Å²) in [5.41, 5.74) is 5.51. The first-order valence-electron chi connectivity index (χ1n) is 10.3. The molecule has 2 aliphatic heterocycles. The number of rotatable bonds is 5. The molecule has 0 radical (unpaired) electrons. The number of benzene rings is 2. The molecule has 2 aromatic carbocycles. The molecule has 12 heteroatoms. The molecule has 0 amide bonds. The van der Waals surface area contributed by atoms with Crippen LogP contribution in [0.5, 0.6) is 5.75 Å². The van der Waals surface area contributed by atoms with Gasteiger partial charge in [0.1, 0.15) is 35.6 Å². The molecule has 3 N–H and O–H groups in total. The SMILES string of the molecule is Cc1ncn(-c2ccc(NC3C=CC(c4ccc(OC(F)(F)F)cc4)=C4NCNN43)cc2F)n1. The largest absolute Gasteiger partial charge is 0.573 e. The van der Waals surface area contributed by atoms with Crippen molar-refractivity contribution in [3.63, 3.8) is 0 Å². The number of anilines is 1. The summed E-state index contributed by atoms with van der Waals surface area (Å²) in [6, 6.07) is 10.4. The Morgan fingerprint density at radius 2 is 1.94 bits per heavy atom. The molecule has 3 heterocycles. The van der Waals surface area contributed by atoms with E-state index in [4.69, 9.17) is 0 Å². The van der Waals surface area contributed by atoms with E-state index in [0.717, 1.165) is 11.4 Å². The summed E-state index contributed by atoms with van der Waals surface area (Å²) >= 11 is 0. The number of aryl methyl sites for hydroxylation is 1. The van der Waals surface area contributed by atoms with Gasteiger partial charge < -0.3 is 15.4 Å². The maximum absolute atomic E-state index is 14.7. The van der Waals surface area contributed by atoms with Crippen molar-refractivity contribution in [2.45, 2.75) is 19.5 Å². The minimum atomic E-state index is -4.74. The highest BCUT2D eigenvalue weighted by Gasteiger charge is 2.32. The van der Waals surface area contributed by atoms with Gasteiger partial charge in [0.15, 0.2) is 5.82 Å². The first-order valence-corrected chi connectivity index (χ1v) is 10.3. The molecule has 1 unspecified atom stereocenters. The molecule has 0 aliphatic carbocycles. The molecular weight excluding hydrogens is 454 g/mol. The van der Waals surface area contributed by atoms with Crippen LogP contribution in [0.15, 0.2) is 66.8 Å². The zero-order valence-corrected chi connectivity index (χ0v) is 17.8. The van der Waals surface area contributed by atoms with Crippen molar-refractivity contribution in [2.75, 3.05) is 12.0 Å². The number of ether oxygens (including phenoxy) is 1. The number of nitrogens with one attached hydrogen (secondary N) is 3. The fraction of sp³-hybridized carbons (Fsp3) is 0.182. The molecule has 8 nitrogen and oxygen atoms in total. The molecule has 176 valence electrons. The average molecular weight is 473 g/mol. The van der Waals surface area contributed by atoms with Gasteiger partial charge in [-0.1, -0.05) is 18.2 Å². The smallest absolute Gasteiger partial charge is 0.406 e. The summed E-state index contributed by atoms with van der Waals surface area (Å²) in [5, 5.41) is 12.4. The number of halogens is 4. The Hall–Kier alpha value is -4.06. The van der Waals surface area contributed by atoms with Gasteiger partial charge in [0.25, 0.3) is 0 Å². The molecule has 0 bridgehead atoms. The molecule has 1 aromatic heterocycles. The van der Waals surface area contributed by atoms with E-state index < -0.39 is 12.2 Å². The predicted molar refractivity (Wildman–Crippen MR) is 116 cm³/mol. The van der Waals surface area contributed by atoms with E-state index in [9.17, 15) is 17.6 Å². The van der Waals surface area contributed by atoms with E-state index in [0.29, 0.717) is 23.7 Å². The zero-order chi connectivity index (χ0) is 23.9. The van der Waals surface area contributed by atoms with E-state index in [-0.39, 0.29) is 17.6 Å². The van der Waals surface area contributed by atoms with Gasteiger partial charge in [-0.3, -0.25) is 5.01 Å². The summed E-state index contributed by atoms with van der Waals surface area (Å²) in [6.45, 7) is 2.17. The second kappa shape index (κ2) is 8.37. The highest BCUT2D eigenvalue weighted by Crippen LogP contribution is 2.31. The fourth-order valence-corrected chi connectivity index (χ4v) is 3.78. The molecule has 1 saturated heterocycles. The number of hydrogen-bond acceptors (Lipinski definition) is 7. The third-order valence-corrected chi connectivity index (χ3v) is 5.24. The molecule has 0 saturated carbocycles. The fourth-order valence-electron chi connectivity index (χ4n) is 3.78. The molecule has 2 aliphatic rings. The van der Waals surface area contributed by atoms with E-state index in [1.807, 2.05) is 17.2 Å². The molecule has 0 spiro atoms. The number of alkyl halides is 3. The lowest BCUT2D eigenvalue weighted by Crippen LogP contribution is -2.44. The Morgan fingerprint density at radius 3 is 2.62 bits per heavy atom. The van der Waals surface area contributed by atoms with Crippen LogP contribution in [-0.2, 0) is 0 Å². The molecule has 3 aromatic rings. The number of allylic oxidation sites excluding steroid dienone is 2. The molecule has 5 rings (SSSR count). The lowest BCUT2D eigenvalue weighted by atomic mass is 10.0. The first kappa shape index (κ1) is 21.8. The number of aromatic nitrogens is 3. The Balaban J connectivity index is 1.34. The van der Waals surface area contributed by atoms with Gasteiger partial charge in [-0.2, -0.15) is 5.10 Å². The summed E-state index contributed by atoms with van der Waals surface area (Å²) in [7, 11) is 0. The summed E-state index contributed by atoms with van der Waals surface area (Å²) < 4.78 is 57.3. The predicted octanol–water partition coefficient (Wildman–Crippen LogP) is 3.66. The van der Waals surface area contributed by atoms with Gasteiger partial charge in [-0.15, -0.1) is 13.2 Å². The van der Waals surface area contributed by atoms with Crippen molar-refractivity contribution in [3.05, 3.63) is 84.0 Å². The van der Waals surface area contributed by atoms with Crippen LogP contribution in [0.2, 0.25) is 0 Å². The van der Waals surface area contributed by atoms with Gasteiger partial charge in [0, 0.05) is 11.3 Å². The van der Waals surface area contributed by atoms with Gasteiger partial charge in [0.05, 0.1) is 6.67 Å². The van der Waals surface area contributed by atoms with Gasteiger partial charge >= 0.3 is 6.36 Å². The topological polar surface area (TPSA) is 79.3 Å². The van der Waals surface area contributed by atoms with Crippen LogP contribution in [0.4, 0.5) is 23.2 Å². The highest BCUT2D eigenvalue weighted by atomic mass is 19.4. The Bertz CT molecular complexity index is 1270. The van der Waals surface area contributed by atoms with Gasteiger partial charge in [-0.25, -0.2) is 19.5 Å². The van der Waals surface area contributed by atoms with Crippen molar-refractivity contribution in [3.8, 4) is 11.4 Å². The normalized spacial score (nSPS) is 17.6. The second-order valence-electron chi connectivity index (χ2n) is 7.57. The average Bonchev–Trinajstić information content (AvgIpc) is 3.43. The van der Waals surface area contributed by atoms with E-state index in [1.54, 1.807) is 31.2 Å². The van der Waals surface area contributed by atoms with E-state index in [1.165, 1.54) is 29.2 Å². The third kappa shape index (κ3) is 4.39. The third-order valence-electron chi connectivity index (χ3n) is 5.24. The monoisotopic (exact) mass is 473 g/mol. The van der Waals surface area contributed by atoms with Crippen molar-refractivity contribution in [1.82, 2.24) is 30.5 Å². The zero-order valence-electron chi connectivity index (χ0n) is 17.8. The van der Waals surface area contributed by atoms with Crippen LogP contribution >= 0.6 is 0 Å². The summed E-state index contributed by atoms with van der Waals surface area (Å²) in [6.07, 6.45) is 0.0790. The minimum absolute atomic E-state index is 0.284. The van der Waals surface area contributed by atoms with Gasteiger partial charge in [-0.05, 0) is 48.9 Å². The van der Waals surface area contributed by atoms with Crippen LogP contribution in [0.25, 0.3) is 11.3 Å². The van der Waals surface area contributed by atoms with Crippen molar-refractivity contribution in [1.29, 1.82) is 0 Å². The van der Waals surface area contributed by atoms with Crippen LogP contribution < -0.4 is 20.8 Å². The molecular formula is C22H19F4N7O. The molecule has 1 atom stereocenters. The van der Waals surface area contributed by atoms with Crippen molar-refractivity contribution >= 4 is 11.3 Å². The number of fused-ring (bicyclic) bond motifs is 1. The maximum Gasteiger partial charge on any atom is 0.573 e. The second-order valence-corrected chi connectivity index (χ2v) is 7.57.